The lowest BCUT2D eigenvalue weighted by atomic mass is 9.51. The van der Waals surface area contributed by atoms with Crippen molar-refractivity contribution in [1.82, 2.24) is 0 Å². The van der Waals surface area contributed by atoms with Crippen molar-refractivity contribution >= 4 is 5.97 Å². The summed E-state index contributed by atoms with van der Waals surface area (Å²) >= 11 is 0. The first-order valence-electron chi connectivity index (χ1n) is 11.3. The second-order valence-corrected chi connectivity index (χ2v) is 10.0. The van der Waals surface area contributed by atoms with Crippen LogP contribution in [0.3, 0.4) is 0 Å². The molecule has 0 bridgehead atoms. The topological polar surface area (TPSA) is 66.8 Å². The van der Waals surface area contributed by atoms with Crippen LogP contribution in [0.2, 0.25) is 0 Å². The number of aliphatic hydroxyl groups excluding tert-OH is 1. The van der Waals surface area contributed by atoms with E-state index in [1.54, 1.807) is 0 Å². The van der Waals surface area contributed by atoms with Crippen LogP contribution in [0.25, 0.3) is 0 Å². The van der Waals surface area contributed by atoms with Crippen LogP contribution >= 0.6 is 0 Å². The summed E-state index contributed by atoms with van der Waals surface area (Å²) in [5.41, 5.74) is 0.948. The Balaban J connectivity index is 1.36. The van der Waals surface area contributed by atoms with Crippen molar-refractivity contribution in [3.8, 4) is 0 Å². The second-order valence-electron chi connectivity index (χ2n) is 10.0. The van der Waals surface area contributed by atoms with Crippen LogP contribution in [0, 0.1) is 23.2 Å². The van der Waals surface area contributed by atoms with Gasteiger partial charge in [0.2, 0.25) is 0 Å². The Morgan fingerprint density at radius 2 is 1.86 bits per heavy atom. The average Bonchev–Trinajstić information content (AvgIpc) is 3.05. The number of esters is 1. The zero-order valence-electron chi connectivity index (χ0n) is 17.2. The molecule has 3 saturated carbocycles. The highest BCUT2D eigenvalue weighted by molar-refractivity contribution is 5.89. The third-order valence-corrected chi connectivity index (χ3v) is 8.73. The normalized spacial score (nSPS) is 43.6. The molecular formula is C25H32O4. The molecule has 4 aliphatic rings. The summed E-state index contributed by atoms with van der Waals surface area (Å²) in [6.07, 6.45) is 8.78. The van der Waals surface area contributed by atoms with Gasteiger partial charge in [0.25, 0.3) is 0 Å². The minimum atomic E-state index is -0.734. The van der Waals surface area contributed by atoms with Crippen LogP contribution in [-0.2, 0) is 4.74 Å². The SMILES string of the molecule is C[C@]12CC[C@H]3[C@@H](CC=C4C[C@@H](O)CC[C@@]43O)[C@@H]1CC[C@@H]2OC(=O)c1ccccc1. The molecule has 0 aliphatic heterocycles. The molecule has 4 aliphatic carbocycles. The minimum Gasteiger partial charge on any atom is -0.458 e. The Kier molecular flexibility index (Phi) is 4.63. The van der Waals surface area contributed by atoms with Gasteiger partial charge in [-0.15, -0.1) is 0 Å². The number of hydrogen-bond donors (Lipinski definition) is 2. The lowest BCUT2D eigenvalue weighted by molar-refractivity contribution is -0.119. The average molecular weight is 397 g/mol. The van der Waals surface area contributed by atoms with Crippen molar-refractivity contribution in [3.05, 3.63) is 47.5 Å². The lowest BCUT2D eigenvalue weighted by Gasteiger charge is -2.56. The van der Waals surface area contributed by atoms with Crippen molar-refractivity contribution in [3.63, 3.8) is 0 Å². The summed E-state index contributed by atoms with van der Waals surface area (Å²) in [5.74, 6) is 0.976. The largest absolute Gasteiger partial charge is 0.458 e. The molecule has 3 fully saturated rings. The smallest absolute Gasteiger partial charge is 0.338 e. The van der Waals surface area contributed by atoms with E-state index in [1.807, 2.05) is 30.3 Å². The van der Waals surface area contributed by atoms with E-state index in [0.717, 1.165) is 37.7 Å². The molecule has 1 aromatic rings. The van der Waals surface area contributed by atoms with Crippen molar-refractivity contribution in [1.29, 1.82) is 0 Å². The van der Waals surface area contributed by atoms with Gasteiger partial charge in [-0.05, 0) is 86.8 Å². The maximum Gasteiger partial charge on any atom is 0.338 e. The standard InChI is InChI=1S/C25H32O4/c1-24-13-12-21-19(8-7-17-15-18(26)11-14-25(17,21)28)20(24)9-10-22(24)29-23(27)16-5-3-2-4-6-16/h2-7,18-22,26,28H,8-15H2,1H3/t18-,19-,20-,21-,22-,24-,25+/m0/s1. The summed E-state index contributed by atoms with van der Waals surface area (Å²) in [6.45, 7) is 2.30. The first kappa shape index (κ1) is 19.3. The van der Waals surface area contributed by atoms with Crippen molar-refractivity contribution in [2.45, 2.75) is 76.1 Å². The number of carbonyl (C=O) groups excluding carboxylic acids is 1. The van der Waals surface area contributed by atoms with Gasteiger partial charge in [0.15, 0.2) is 0 Å². The highest BCUT2D eigenvalue weighted by Crippen LogP contribution is 2.62. The Bertz CT molecular complexity index is 817. The van der Waals surface area contributed by atoms with Gasteiger partial charge < -0.3 is 14.9 Å². The maximum atomic E-state index is 12.7. The Labute approximate surface area is 173 Å². The van der Waals surface area contributed by atoms with Crippen molar-refractivity contribution in [2.24, 2.45) is 23.2 Å². The molecule has 156 valence electrons. The van der Waals surface area contributed by atoms with Crippen LogP contribution in [0.4, 0.5) is 0 Å². The van der Waals surface area contributed by atoms with E-state index in [0.29, 0.717) is 36.7 Å². The zero-order chi connectivity index (χ0) is 20.2. The Hall–Kier alpha value is -1.65. The van der Waals surface area contributed by atoms with E-state index >= 15 is 0 Å². The molecule has 0 amide bonds. The van der Waals surface area contributed by atoms with E-state index in [4.69, 9.17) is 4.74 Å². The number of rotatable bonds is 2. The molecule has 2 N–H and O–H groups in total. The van der Waals surface area contributed by atoms with E-state index in [-0.39, 0.29) is 29.5 Å². The molecule has 0 spiro atoms. The summed E-state index contributed by atoms with van der Waals surface area (Å²) < 4.78 is 6.05. The van der Waals surface area contributed by atoms with Gasteiger partial charge in [0, 0.05) is 5.41 Å². The van der Waals surface area contributed by atoms with Crippen LogP contribution in [0.5, 0.6) is 0 Å². The van der Waals surface area contributed by atoms with Gasteiger partial charge >= 0.3 is 5.97 Å². The lowest BCUT2D eigenvalue weighted by Crippen LogP contribution is -2.55. The highest BCUT2D eigenvalue weighted by Gasteiger charge is 2.60. The second kappa shape index (κ2) is 6.95. The summed E-state index contributed by atoms with van der Waals surface area (Å²) in [7, 11) is 0. The summed E-state index contributed by atoms with van der Waals surface area (Å²) in [5, 5.41) is 21.7. The molecule has 5 rings (SSSR count). The van der Waals surface area contributed by atoms with Crippen molar-refractivity contribution in [2.75, 3.05) is 0 Å². The molecule has 1 aromatic carbocycles. The molecule has 4 nitrogen and oxygen atoms in total. The molecule has 0 aromatic heterocycles. The molecule has 0 radical (unpaired) electrons. The minimum absolute atomic E-state index is 0.0124. The van der Waals surface area contributed by atoms with Crippen LogP contribution in [-0.4, -0.2) is 34.0 Å². The first-order chi connectivity index (χ1) is 13.9. The number of aliphatic hydroxyl groups is 2. The summed E-state index contributed by atoms with van der Waals surface area (Å²) in [4.78, 5) is 12.7. The summed E-state index contributed by atoms with van der Waals surface area (Å²) in [6, 6.07) is 9.27. The monoisotopic (exact) mass is 396 g/mol. The van der Waals surface area contributed by atoms with E-state index in [2.05, 4.69) is 13.0 Å². The van der Waals surface area contributed by atoms with E-state index in [9.17, 15) is 15.0 Å². The predicted octanol–water partition coefficient (Wildman–Crippen LogP) is 4.26. The third-order valence-electron chi connectivity index (χ3n) is 8.73. The molecule has 4 heteroatoms. The number of fused-ring (bicyclic) bond motifs is 5. The Morgan fingerprint density at radius 3 is 2.66 bits per heavy atom. The fraction of sp³-hybridized carbons (Fsp3) is 0.640. The van der Waals surface area contributed by atoms with Crippen LogP contribution in [0.15, 0.2) is 42.0 Å². The molecule has 0 unspecified atom stereocenters. The van der Waals surface area contributed by atoms with Gasteiger partial charge in [-0.25, -0.2) is 4.79 Å². The first-order valence-corrected chi connectivity index (χ1v) is 11.3. The van der Waals surface area contributed by atoms with Gasteiger partial charge in [0.05, 0.1) is 17.3 Å². The fourth-order valence-electron chi connectivity index (χ4n) is 7.17. The molecule has 7 atom stereocenters. The third kappa shape index (κ3) is 2.98. The molecule has 0 heterocycles. The Morgan fingerprint density at radius 1 is 1.07 bits per heavy atom. The van der Waals surface area contributed by atoms with Crippen molar-refractivity contribution < 1.29 is 19.7 Å². The predicted molar refractivity (Wildman–Crippen MR) is 110 cm³/mol. The number of carbonyl (C=O) groups is 1. The zero-order valence-corrected chi connectivity index (χ0v) is 17.2. The van der Waals surface area contributed by atoms with Gasteiger partial charge in [0.1, 0.15) is 6.10 Å². The number of ether oxygens (including phenoxy) is 1. The molecular weight excluding hydrogens is 364 g/mol. The number of benzene rings is 1. The number of hydrogen-bond acceptors (Lipinski definition) is 4. The quantitative estimate of drug-likeness (QED) is 0.579. The fourth-order valence-corrected chi connectivity index (χ4v) is 7.17. The maximum absolute atomic E-state index is 12.7. The molecule has 29 heavy (non-hydrogen) atoms. The van der Waals surface area contributed by atoms with Crippen LogP contribution in [0.1, 0.15) is 68.6 Å². The van der Waals surface area contributed by atoms with Gasteiger partial charge in [-0.2, -0.15) is 0 Å². The van der Waals surface area contributed by atoms with Gasteiger partial charge in [-0.3, -0.25) is 0 Å². The van der Waals surface area contributed by atoms with E-state index < -0.39 is 5.60 Å². The highest BCUT2D eigenvalue weighted by atomic mass is 16.5. The van der Waals surface area contributed by atoms with E-state index in [1.165, 1.54) is 0 Å². The molecule has 0 saturated heterocycles. The number of allylic oxidation sites excluding steroid dienone is 1. The van der Waals surface area contributed by atoms with Crippen LogP contribution < -0.4 is 0 Å². The van der Waals surface area contributed by atoms with Gasteiger partial charge in [-0.1, -0.05) is 31.2 Å².